The number of thioether (sulfide) groups is 1. The van der Waals surface area contributed by atoms with Gasteiger partial charge in [0, 0.05) is 17.9 Å². The van der Waals surface area contributed by atoms with E-state index in [2.05, 4.69) is 15.0 Å². The molecule has 1 aromatic heterocycles. The largest absolute Gasteiger partial charge is 0.325 e. The quantitative estimate of drug-likeness (QED) is 0.722. The van der Waals surface area contributed by atoms with Gasteiger partial charge in [-0.05, 0) is 57.2 Å². The molecule has 8 heteroatoms. The highest BCUT2D eigenvalue weighted by Gasteiger charge is 2.17. The molecular weight excluding hydrogens is 358 g/mol. The summed E-state index contributed by atoms with van der Waals surface area (Å²) in [5.41, 5.74) is 0.543. The lowest BCUT2D eigenvalue weighted by Gasteiger charge is -2.13. The topological polar surface area (TPSA) is 88.2 Å². The molecular formula is C17H21N3O3S2. The monoisotopic (exact) mass is 379 g/mol. The molecule has 0 bridgehead atoms. The molecule has 0 saturated heterocycles. The minimum Gasteiger partial charge on any atom is -0.325 e. The third kappa shape index (κ3) is 5.84. The molecule has 0 radical (unpaired) electrons. The molecule has 134 valence electrons. The van der Waals surface area contributed by atoms with Crippen LogP contribution in [0.5, 0.6) is 0 Å². The molecule has 1 aromatic carbocycles. The fourth-order valence-corrected chi connectivity index (χ4v) is 4.05. The van der Waals surface area contributed by atoms with Crippen molar-refractivity contribution in [1.29, 1.82) is 0 Å². The number of carbonyl (C=O) groups is 1. The Hall–Kier alpha value is -1.90. The first-order valence-electron chi connectivity index (χ1n) is 7.79. The summed E-state index contributed by atoms with van der Waals surface area (Å²) in [7, 11) is -3.54. The number of rotatable bonds is 7. The van der Waals surface area contributed by atoms with E-state index < -0.39 is 10.0 Å². The predicted molar refractivity (Wildman–Crippen MR) is 100 cm³/mol. The van der Waals surface area contributed by atoms with E-state index in [9.17, 15) is 13.2 Å². The van der Waals surface area contributed by atoms with Gasteiger partial charge in [-0.3, -0.25) is 4.79 Å². The number of carbonyl (C=O) groups excluding carboxylic acids is 1. The Balaban J connectivity index is 1.99. The number of amides is 1. The molecule has 0 saturated carbocycles. The minimum atomic E-state index is -3.54. The lowest BCUT2D eigenvalue weighted by molar-refractivity contribution is -0.115. The molecule has 1 unspecified atom stereocenters. The maximum Gasteiger partial charge on any atom is 0.240 e. The van der Waals surface area contributed by atoms with E-state index in [1.54, 1.807) is 39.1 Å². The van der Waals surface area contributed by atoms with Crippen molar-refractivity contribution in [2.75, 3.05) is 5.32 Å². The third-order valence-corrected chi connectivity index (χ3v) is 5.85. The number of pyridine rings is 1. The fraction of sp³-hybridized carbons (Fsp3) is 0.294. The van der Waals surface area contributed by atoms with Crippen LogP contribution in [0.1, 0.15) is 20.8 Å². The zero-order valence-electron chi connectivity index (χ0n) is 14.3. The number of hydrogen-bond acceptors (Lipinski definition) is 5. The first-order valence-corrected chi connectivity index (χ1v) is 10.1. The van der Waals surface area contributed by atoms with Gasteiger partial charge in [-0.2, -0.15) is 0 Å². The van der Waals surface area contributed by atoms with Gasteiger partial charge >= 0.3 is 0 Å². The van der Waals surface area contributed by atoms with Crippen molar-refractivity contribution in [2.45, 2.75) is 42.0 Å². The Morgan fingerprint density at radius 2 is 1.76 bits per heavy atom. The number of nitrogens with one attached hydrogen (secondary N) is 2. The first-order chi connectivity index (χ1) is 11.8. The van der Waals surface area contributed by atoms with Crippen LogP contribution in [-0.4, -0.2) is 30.6 Å². The fourth-order valence-electron chi connectivity index (χ4n) is 1.99. The third-order valence-electron chi connectivity index (χ3n) is 3.13. The first kappa shape index (κ1) is 19.4. The van der Waals surface area contributed by atoms with E-state index in [-0.39, 0.29) is 22.1 Å². The highest BCUT2D eigenvalue weighted by atomic mass is 32.2. The van der Waals surface area contributed by atoms with Crippen molar-refractivity contribution in [3.8, 4) is 0 Å². The molecule has 0 aliphatic heterocycles. The summed E-state index contributed by atoms with van der Waals surface area (Å²) in [6.45, 7) is 5.31. The van der Waals surface area contributed by atoms with Gasteiger partial charge in [0.2, 0.25) is 15.9 Å². The summed E-state index contributed by atoms with van der Waals surface area (Å²) in [5, 5.41) is 3.22. The Kier molecular flexibility index (Phi) is 6.57. The molecule has 0 fully saturated rings. The molecule has 1 heterocycles. The zero-order chi connectivity index (χ0) is 18.4. The van der Waals surface area contributed by atoms with Gasteiger partial charge in [0.25, 0.3) is 0 Å². The molecule has 0 aliphatic carbocycles. The van der Waals surface area contributed by atoms with Crippen molar-refractivity contribution in [1.82, 2.24) is 9.71 Å². The van der Waals surface area contributed by atoms with Gasteiger partial charge in [-0.25, -0.2) is 18.1 Å². The molecule has 6 nitrogen and oxygen atoms in total. The van der Waals surface area contributed by atoms with Crippen LogP contribution in [-0.2, 0) is 14.8 Å². The average Bonchev–Trinajstić information content (AvgIpc) is 2.55. The number of hydrogen-bond donors (Lipinski definition) is 2. The minimum absolute atomic E-state index is 0.162. The second-order valence-electron chi connectivity index (χ2n) is 5.72. The van der Waals surface area contributed by atoms with E-state index in [1.807, 2.05) is 18.2 Å². The number of sulfonamides is 1. The van der Waals surface area contributed by atoms with Gasteiger partial charge in [0.05, 0.1) is 15.2 Å². The van der Waals surface area contributed by atoms with Crippen LogP contribution >= 0.6 is 11.8 Å². The van der Waals surface area contributed by atoms with Crippen LogP contribution in [0, 0.1) is 0 Å². The van der Waals surface area contributed by atoms with Crippen LogP contribution in [0.25, 0.3) is 0 Å². The maximum atomic E-state index is 12.3. The van der Waals surface area contributed by atoms with Gasteiger partial charge in [0.1, 0.15) is 0 Å². The van der Waals surface area contributed by atoms with Gasteiger partial charge < -0.3 is 5.32 Å². The van der Waals surface area contributed by atoms with E-state index in [0.717, 1.165) is 5.03 Å². The molecule has 25 heavy (non-hydrogen) atoms. The van der Waals surface area contributed by atoms with E-state index in [0.29, 0.717) is 5.69 Å². The summed E-state index contributed by atoms with van der Waals surface area (Å²) in [4.78, 5) is 16.6. The molecule has 1 amide bonds. The number of anilines is 1. The summed E-state index contributed by atoms with van der Waals surface area (Å²) < 4.78 is 26.7. The van der Waals surface area contributed by atoms with Crippen molar-refractivity contribution in [3.63, 3.8) is 0 Å². The normalized spacial score (nSPS) is 12.8. The summed E-state index contributed by atoms with van der Waals surface area (Å²) in [5.74, 6) is -0.174. The van der Waals surface area contributed by atoms with E-state index in [1.165, 1.54) is 23.9 Å². The summed E-state index contributed by atoms with van der Waals surface area (Å²) in [6.07, 6.45) is 1.68. The smallest absolute Gasteiger partial charge is 0.240 e. The van der Waals surface area contributed by atoms with E-state index >= 15 is 0 Å². The lowest BCUT2D eigenvalue weighted by atomic mass is 10.3. The number of benzene rings is 1. The van der Waals surface area contributed by atoms with Crippen LogP contribution in [0.2, 0.25) is 0 Å². The highest BCUT2D eigenvalue weighted by molar-refractivity contribution is 8.00. The number of nitrogens with zero attached hydrogens (tertiary/aromatic N) is 1. The van der Waals surface area contributed by atoms with Crippen molar-refractivity contribution in [2.24, 2.45) is 0 Å². The molecule has 2 rings (SSSR count). The van der Waals surface area contributed by atoms with Crippen molar-refractivity contribution < 1.29 is 13.2 Å². The second-order valence-corrected chi connectivity index (χ2v) is 8.79. The Morgan fingerprint density at radius 1 is 1.08 bits per heavy atom. The van der Waals surface area contributed by atoms with Crippen LogP contribution in [0.3, 0.4) is 0 Å². The molecule has 2 N–H and O–H groups in total. The Bertz CT molecular complexity index is 807. The highest BCUT2D eigenvalue weighted by Crippen LogP contribution is 2.22. The molecule has 2 aromatic rings. The van der Waals surface area contributed by atoms with Crippen LogP contribution < -0.4 is 10.0 Å². The Labute approximate surface area is 152 Å². The molecule has 0 aliphatic rings. The van der Waals surface area contributed by atoms with Gasteiger partial charge in [-0.15, -0.1) is 0 Å². The molecule has 1 atom stereocenters. The van der Waals surface area contributed by atoms with Gasteiger partial charge in [0.15, 0.2) is 0 Å². The summed E-state index contributed by atoms with van der Waals surface area (Å²) >= 11 is 1.36. The average molecular weight is 380 g/mol. The maximum absolute atomic E-state index is 12.3. The molecule has 0 spiro atoms. The predicted octanol–water partition coefficient (Wildman–Crippen LogP) is 2.89. The van der Waals surface area contributed by atoms with Crippen molar-refractivity contribution in [3.05, 3.63) is 48.7 Å². The van der Waals surface area contributed by atoms with Crippen molar-refractivity contribution >= 4 is 33.4 Å². The number of aromatic nitrogens is 1. The van der Waals surface area contributed by atoms with Gasteiger partial charge in [-0.1, -0.05) is 17.8 Å². The second kappa shape index (κ2) is 8.46. The summed E-state index contributed by atoms with van der Waals surface area (Å²) in [6, 6.07) is 11.4. The lowest BCUT2D eigenvalue weighted by Crippen LogP contribution is -2.30. The SMILES string of the molecule is CC(C)NS(=O)(=O)c1ccc(NC(=O)C(C)Sc2ccccn2)cc1. The van der Waals surface area contributed by atoms with Crippen LogP contribution in [0.4, 0.5) is 5.69 Å². The standard InChI is InChI=1S/C17H21N3O3S2/c1-12(2)20-25(22,23)15-9-7-14(8-10-15)19-17(21)13(3)24-16-6-4-5-11-18-16/h4-13,20H,1-3H3,(H,19,21). The van der Waals surface area contributed by atoms with E-state index in [4.69, 9.17) is 0 Å². The zero-order valence-corrected chi connectivity index (χ0v) is 15.9. The Morgan fingerprint density at radius 3 is 2.32 bits per heavy atom. The van der Waals surface area contributed by atoms with Crippen LogP contribution in [0.15, 0.2) is 58.6 Å².